The summed E-state index contributed by atoms with van der Waals surface area (Å²) in [7, 11) is 0. The molecule has 4 nitrogen and oxygen atoms in total. The van der Waals surface area contributed by atoms with E-state index in [0.717, 1.165) is 38.3 Å². The summed E-state index contributed by atoms with van der Waals surface area (Å²) in [5, 5.41) is 15.5. The Kier molecular flexibility index (Phi) is 3.06. The number of benzene rings is 1. The SMILES string of the molecule is CCn1nc(CN2CC[C@@H](O)C2)c2ccccc21. The molecule has 96 valence electrons. The number of aliphatic hydroxyl groups excluding tert-OH is 1. The predicted octanol–water partition coefficient (Wildman–Crippen LogP) is 1.62. The van der Waals surface area contributed by atoms with Gasteiger partial charge in [-0.05, 0) is 19.4 Å². The van der Waals surface area contributed by atoms with Crippen LogP contribution in [0.3, 0.4) is 0 Å². The van der Waals surface area contributed by atoms with Crippen molar-refractivity contribution in [1.82, 2.24) is 14.7 Å². The molecule has 1 saturated heterocycles. The fourth-order valence-corrected chi connectivity index (χ4v) is 2.72. The van der Waals surface area contributed by atoms with Crippen molar-refractivity contribution in [1.29, 1.82) is 0 Å². The first-order chi connectivity index (χ1) is 8.78. The number of nitrogens with zero attached hydrogens (tertiary/aromatic N) is 3. The highest BCUT2D eigenvalue weighted by atomic mass is 16.3. The third-order valence-corrected chi connectivity index (χ3v) is 3.65. The van der Waals surface area contributed by atoms with Crippen LogP contribution in [0.15, 0.2) is 24.3 Å². The molecule has 0 unspecified atom stereocenters. The number of aliphatic hydroxyl groups is 1. The number of aryl methyl sites for hydroxylation is 1. The van der Waals surface area contributed by atoms with Gasteiger partial charge in [0.25, 0.3) is 0 Å². The van der Waals surface area contributed by atoms with Crippen LogP contribution in [0, 0.1) is 0 Å². The molecule has 1 N–H and O–H groups in total. The average molecular weight is 245 g/mol. The number of hydrogen-bond acceptors (Lipinski definition) is 3. The van der Waals surface area contributed by atoms with E-state index in [4.69, 9.17) is 0 Å². The van der Waals surface area contributed by atoms with E-state index in [9.17, 15) is 5.11 Å². The fraction of sp³-hybridized carbons (Fsp3) is 0.500. The van der Waals surface area contributed by atoms with Crippen LogP contribution in [-0.2, 0) is 13.1 Å². The van der Waals surface area contributed by atoms with E-state index < -0.39 is 0 Å². The third kappa shape index (κ3) is 2.02. The van der Waals surface area contributed by atoms with Crippen LogP contribution < -0.4 is 0 Å². The van der Waals surface area contributed by atoms with Gasteiger partial charge < -0.3 is 5.11 Å². The van der Waals surface area contributed by atoms with Gasteiger partial charge >= 0.3 is 0 Å². The number of hydrogen-bond donors (Lipinski definition) is 1. The Labute approximate surface area is 107 Å². The quantitative estimate of drug-likeness (QED) is 0.893. The monoisotopic (exact) mass is 245 g/mol. The molecule has 18 heavy (non-hydrogen) atoms. The van der Waals surface area contributed by atoms with Crippen LogP contribution in [0.1, 0.15) is 19.0 Å². The van der Waals surface area contributed by atoms with Gasteiger partial charge in [0.05, 0.1) is 17.3 Å². The number of β-amino-alcohol motifs (C(OH)–C–C–N with tert-alkyl or cyclic N) is 1. The molecular weight excluding hydrogens is 226 g/mol. The molecule has 0 bridgehead atoms. The molecule has 0 saturated carbocycles. The molecule has 0 aliphatic carbocycles. The van der Waals surface area contributed by atoms with Crippen LogP contribution >= 0.6 is 0 Å². The lowest BCUT2D eigenvalue weighted by Gasteiger charge is -2.12. The highest BCUT2D eigenvalue weighted by Crippen LogP contribution is 2.21. The van der Waals surface area contributed by atoms with Crippen LogP contribution in [0.25, 0.3) is 10.9 Å². The molecule has 0 amide bonds. The number of aromatic nitrogens is 2. The Bertz CT molecular complexity index is 549. The van der Waals surface area contributed by atoms with Gasteiger partial charge in [0.2, 0.25) is 0 Å². The summed E-state index contributed by atoms with van der Waals surface area (Å²) in [6, 6.07) is 8.37. The second-order valence-electron chi connectivity index (χ2n) is 4.96. The summed E-state index contributed by atoms with van der Waals surface area (Å²) in [6.45, 7) is 5.58. The van der Waals surface area contributed by atoms with Crippen molar-refractivity contribution in [3.8, 4) is 0 Å². The Morgan fingerprint density at radius 3 is 2.94 bits per heavy atom. The second-order valence-corrected chi connectivity index (χ2v) is 4.96. The summed E-state index contributed by atoms with van der Waals surface area (Å²) >= 11 is 0. The molecular formula is C14H19N3O. The molecule has 1 aliphatic heterocycles. The van der Waals surface area contributed by atoms with Crippen molar-refractivity contribution in [2.24, 2.45) is 0 Å². The maximum absolute atomic E-state index is 9.57. The van der Waals surface area contributed by atoms with E-state index in [1.807, 2.05) is 0 Å². The third-order valence-electron chi connectivity index (χ3n) is 3.65. The van der Waals surface area contributed by atoms with Crippen LogP contribution in [0.5, 0.6) is 0 Å². The minimum absolute atomic E-state index is 0.162. The minimum atomic E-state index is -0.162. The number of para-hydroxylation sites is 1. The lowest BCUT2D eigenvalue weighted by molar-refractivity contribution is 0.174. The molecule has 1 atom stereocenters. The summed E-state index contributed by atoms with van der Waals surface area (Å²) < 4.78 is 2.05. The molecule has 0 spiro atoms. The smallest absolute Gasteiger partial charge is 0.0843 e. The maximum atomic E-state index is 9.57. The Morgan fingerprint density at radius 1 is 1.39 bits per heavy atom. The standard InChI is InChI=1S/C14H19N3O/c1-2-17-14-6-4-3-5-12(14)13(15-17)10-16-8-7-11(18)9-16/h3-6,11,18H,2,7-10H2,1H3/t11-/m1/s1. The molecule has 2 heterocycles. The summed E-state index contributed by atoms with van der Waals surface area (Å²) in [6.07, 6.45) is 0.719. The summed E-state index contributed by atoms with van der Waals surface area (Å²) in [5.74, 6) is 0. The van der Waals surface area contributed by atoms with Crippen LogP contribution in [0.4, 0.5) is 0 Å². The fourth-order valence-electron chi connectivity index (χ4n) is 2.72. The second kappa shape index (κ2) is 4.71. The zero-order valence-electron chi connectivity index (χ0n) is 10.7. The topological polar surface area (TPSA) is 41.3 Å². The largest absolute Gasteiger partial charge is 0.392 e. The minimum Gasteiger partial charge on any atom is -0.392 e. The van der Waals surface area contributed by atoms with Gasteiger partial charge in [-0.1, -0.05) is 18.2 Å². The van der Waals surface area contributed by atoms with Crippen molar-refractivity contribution in [3.63, 3.8) is 0 Å². The van der Waals surface area contributed by atoms with Crippen LogP contribution in [0.2, 0.25) is 0 Å². The Balaban J connectivity index is 1.92. The molecule has 2 aromatic rings. The maximum Gasteiger partial charge on any atom is 0.0843 e. The molecule has 1 fully saturated rings. The first kappa shape index (κ1) is 11.7. The average Bonchev–Trinajstić information content (AvgIpc) is 2.95. The van der Waals surface area contributed by atoms with E-state index in [0.29, 0.717) is 0 Å². The van der Waals surface area contributed by atoms with Gasteiger partial charge in [-0.25, -0.2) is 0 Å². The first-order valence-corrected chi connectivity index (χ1v) is 6.62. The summed E-state index contributed by atoms with van der Waals surface area (Å²) in [5.41, 5.74) is 2.33. The summed E-state index contributed by atoms with van der Waals surface area (Å²) in [4.78, 5) is 2.28. The molecule has 3 rings (SSSR count). The Hall–Kier alpha value is -1.39. The highest BCUT2D eigenvalue weighted by Gasteiger charge is 2.22. The van der Waals surface area contributed by atoms with Crippen molar-refractivity contribution >= 4 is 10.9 Å². The zero-order chi connectivity index (χ0) is 12.5. The number of rotatable bonds is 3. The number of fused-ring (bicyclic) bond motifs is 1. The highest BCUT2D eigenvalue weighted by molar-refractivity contribution is 5.81. The van der Waals surface area contributed by atoms with E-state index in [-0.39, 0.29) is 6.10 Å². The number of likely N-dealkylation sites (tertiary alicyclic amines) is 1. The van der Waals surface area contributed by atoms with E-state index in [1.54, 1.807) is 0 Å². The van der Waals surface area contributed by atoms with Crippen LogP contribution in [-0.4, -0.2) is 39.0 Å². The first-order valence-electron chi connectivity index (χ1n) is 6.62. The van der Waals surface area contributed by atoms with Gasteiger partial charge in [-0.3, -0.25) is 9.58 Å². The predicted molar refractivity (Wildman–Crippen MR) is 71.3 cm³/mol. The lowest BCUT2D eigenvalue weighted by Crippen LogP contribution is -2.21. The van der Waals surface area contributed by atoms with Gasteiger partial charge in [-0.2, -0.15) is 5.10 Å². The van der Waals surface area contributed by atoms with Crippen molar-refractivity contribution in [3.05, 3.63) is 30.0 Å². The van der Waals surface area contributed by atoms with E-state index in [2.05, 4.69) is 45.9 Å². The van der Waals surface area contributed by atoms with E-state index >= 15 is 0 Å². The van der Waals surface area contributed by atoms with Crippen molar-refractivity contribution < 1.29 is 5.11 Å². The van der Waals surface area contributed by atoms with Crippen molar-refractivity contribution in [2.45, 2.75) is 32.5 Å². The normalized spacial score (nSPS) is 20.9. The van der Waals surface area contributed by atoms with Gasteiger partial charge in [0.15, 0.2) is 0 Å². The molecule has 4 heteroatoms. The van der Waals surface area contributed by atoms with Gasteiger partial charge in [0, 0.05) is 31.6 Å². The molecule has 0 radical (unpaired) electrons. The van der Waals surface area contributed by atoms with Gasteiger partial charge in [-0.15, -0.1) is 0 Å². The lowest BCUT2D eigenvalue weighted by atomic mass is 10.2. The van der Waals surface area contributed by atoms with E-state index in [1.165, 1.54) is 10.9 Å². The zero-order valence-corrected chi connectivity index (χ0v) is 10.7. The van der Waals surface area contributed by atoms with Crippen molar-refractivity contribution in [2.75, 3.05) is 13.1 Å². The molecule has 1 aromatic carbocycles. The molecule has 1 aromatic heterocycles. The molecule has 1 aliphatic rings. The van der Waals surface area contributed by atoms with Gasteiger partial charge in [0.1, 0.15) is 0 Å². The Morgan fingerprint density at radius 2 is 2.22 bits per heavy atom.